The van der Waals surface area contributed by atoms with Crippen molar-refractivity contribution in [1.82, 2.24) is 4.98 Å². The Bertz CT molecular complexity index is 521. The molecule has 0 aliphatic rings. The molecule has 0 amide bonds. The Morgan fingerprint density at radius 3 is 2.56 bits per heavy atom. The number of aromatic nitrogens is 1. The summed E-state index contributed by atoms with van der Waals surface area (Å²) < 4.78 is 37.3. The third-order valence-corrected chi connectivity index (χ3v) is 2.75. The molecule has 0 unspecified atom stereocenters. The molecule has 0 radical (unpaired) electrons. The highest BCUT2D eigenvalue weighted by Crippen LogP contribution is 2.33. The number of anilines is 1. The van der Waals surface area contributed by atoms with Gasteiger partial charge in [-0.15, -0.1) is 0 Å². The third kappa shape index (κ3) is 2.98. The van der Waals surface area contributed by atoms with E-state index < -0.39 is 11.7 Å². The zero-order valence-electron chi connectivity index (χ0n) is 9.18. The number of H-pyrrole nitrogens is 1. The van der Waals surface area contributed by atoms with Crippen molar-refractivity contribution in [3.63, 3.8) is 0 Å². The minimum absolute atomic E-state index is 0.0559. The lowest BCUT2D eigenvalue weighted by Gasteiger charge is -2.11. The monoisotopic (exact) mass is 274 g/mol. The van der Waals surface area contributed by atoms with E-state index in [1.54, 1.807) is 12.4 Å². The number of hydrogen-bond donors (Lipinski definition) is 2. The maximum Gasteiger partial charge on any atom is 0.416 e. The Labute approximate surface area is 107 Å². The zero-order chi connectivity index (χ0) is 13.2. The molecule has 2 N–H and O–H groups in total. The Kier molecular flexibility index (Phi) is 3.52. The summed E-state index contributed by atoms with van der Waals surface area (Å²) in [5.41, 5.74) is 0.719. The van der Waals surface area contributed by atoms with E-state index in [0.717, 1.165) is 17.7 Å². The van der Waals surface area contributed by atoms with Crippen LogP contribution in [0.4, 0.5) is 18.9 Å². The summed E-state index contributed by atoms with van der Waals surface area (Å²) in [6.07, 6.45) is -0.806. The first-order chi connectivity index (χ1) is 8.47. The molecule has 0 saturated carbocycles. The van der Waals surface area contributed by atoms with E-state index in [1.165, 1.54) is 6.07 Å². The molecule has 18 heavy (non-hydrogen) atoms. The molecule has 6 heteroatoms. The molecular weight excluding hydrogens is 265 g/mol. The molecule has 0 aliphatic carbocycles. The number of benzene rings is 1. The van der Waals surface area contributed by atoms with Crippen LogP contribution in [0.15, 0.2) is 36.7 Å². The molecule has 96 valence electrons. The molecule has 0 fully saturated rings. The number of nitrogens with one attached hydrogen (secondary N) is 2. The number of alkyl halides is 3. The van der Waals surface area contributed by atoms with Crippen molar-refractivity contribution in [2.45, 2.75) is 12.7 Å². The van der Waals surface area contributed by atoms with Gasteiger partial charge in [0, 0.05) is 18.9 Å². The van der Waals surface area contributed by atoms with Crippen LogP contribution in [0, 0.1) is 0 Å². The van der Waals surface area contributed by atoms with Crippen LogP contribution in [-0.4, -0.2) is 4.98 Å². The van der Waals surface area contributed by atoms with E-state index in [-0.39, 0.29) is 5.02 Å². The van der Waals surface area contributed by atoms with E-state index in [2.05, 4.69) is 10.3 Å². The predicted molar refractivity (Wildman–Crippen MR) is 64.6 cm³/mol. The lowest BCUT2D eigenvalue weighted by atomic mass is 10.2. The van der Waals surface area contributed by atoms with E-state index in [9.17, 15) is 13.2 Å². The van der Waals surface area contributed by atoms with E-state index in [1.807, 2.05) is 6.07 Å². The van der Waals surface area contributed by atoms with Gasteiger partial charge in [-0.05, 0) is 29.8 Å². The van der Waals surface area contributed by atoms with Crippen LogP contribution < -0.4 is 5.32 Å². The highest BCUT2D eigenvalue weighted by atomic mass is 35.5. The van der Waals surface area contributed by atoms with Crippen molar-refractivity contribution >= 4 is 17.3 Å². The van der Waals surface area contributed by atoms with Crippen molar-refractivity contribution in [3.8, 4) is 0 Å². The maximum atomic E-state index is 12.4. The van der Waals surface area contributed by atoms with Gasteiger partial charge in [0.05, 0.1) is 16.3 Å². The van der Waals surface area contributed by atoms with Crippen molar-refractivity contribution in [2.24, 2.45) is 0 Å². The molecule has 1 aromatic heterocycles. The Balaban J connectivity index is 2.10. The second-order valence-electron chi connectivity index (χ2n) is 3.77. The smallest absolute Gasteiger partial charge is 0.380 e. The summed E-state index contributed by atoms with van der Waals surface area (Å²) in [6.45, 7) is 0.495. The summed E-state index contributed by atoms with van der Waals surface area (Å²) in [5.74, 6) is 0. The predicted octanol–water partition coefficient (Wildman–Crippen LogP) is 4.30. The fourth-order valence-corrected chi connectivity index (χ4v) is 1.75. The number of hydrogen-bond acceptors (Lipinski definition) is 1. The van der Waals surface area contributed by atoms with Gasteiger partial charge in [-0.2, -0.15) is 13.2 Å². The zero-order valence-corrected chi connectivity index (χ0v) is 9.94. The number of rotatable bonds is 3. The van der Waals surface area contributed by atoms with Crippen LogP contribution in [0.5, 0.6) is 0 Å². The van der Waals surface area contributed by atoms with Crippen LogP contribution in [-0.2, 0) is 12.7 Å². The molecule has 1 heterocycles. The van der Waals surface area contributed by atoms with Crippen LogP contribution in [0.3, 0.4) is 0 Å². The average Bonchev–Trinajstić information content (AvgIpc) is 2.79. The first-order valence-corrected chi connectivity index (χ1v) is 5.57. The molecule has 0 aliphatic heterocycles. The van der Waals surface area contributed by atoms with Crippen molar-refractivity contribution in [1.29, 1.82) is 0 Å². The lowest BCUT2D eigenvalue weighted by molar-refractivity contribution is -0.137. The second-order valence-corrected chi connectivity index (χ2v) is 4.17. The van der Waals surface area contributed by atoms with Crippen LogP contribution in [0.1, 0.15) is 11.1 Å². The van der Waals surface area contributed by atoms with E-state index >= 15 is 0 Å². The van der Waals surface area contributed by atoms with Gasteiger partial charge in [0.25, 0.3) is 0 Å². The van der Waals surface area contributed by atoms with Gasteiger partial charge < -0.3 is 10.3 Å². The maximum absolute atomic E-state index is 12.4. The summed E-state index contributed by atoms with van der Waals surface area (Å²) in [6, 6.07) is 5.12. The first-order valence-electron chi connectivity index (χ1n) is 5.19. The molecule has 0 bridgehead atoms. The molecule has 0 saturated heterocycles. The van der Waals surface area contributed by atoms with Gasteiger partial charge in [-0.1, -0.05) is 11.6 Å². The number of aromatic amines is 1. The Morgan fingerprint density at radius 2 is 2.00 bits per heavy atom. The first kappa shape index (κ1) is 12.8. The molecule has 1 aromatic carbocycles. The van der Waals surface area contributed by atoms with Crippen molar-refractivity contribution in [2.75, 3.05) is 5.32 Å². The van der Waals surface area contributed by atoms with E-state index in [0.29, 0.717) is 12.2 Å². The highest BCUT2D eigenvalue weighted by Gasteiger charge is 2.30. The summed E-state index contributed by atoms with van der Waals surface area (Å²) in [5, 5.41) is 3.03. The summed E-state index contributed by atoms with van der Waals surface area (Å²) >= 11 is 5.81. The summed E-state index contributed by atoms with van der Waals surface area (Å²) in [4.78, 5) is 2.89. The fraction of sp³-hybridized carbons (Fsp3) is 0.167. The van der Waals surface area contributed by atoms with Crippen LogP contribution >= 0.6 is 11.6 Å². The molecule has 2 aromatic rings. The topological polar surface area (TPSA) is 27.8 Å². The SMILES string of the molecule is FC(F)(F)c1ccc(NCc2cc[nH]c2)c(Cl)c1. The van der Waals surface area contributed by atoms with Crippen molar-refractivity contribution < 1.29 is 13.2 Å². The minimum Gasteiger partial charge on any atom is -0.380 e. The lowest BCUT2D eigenvalue weighted by Crippen LogP contribution is -2.06. The number of halogens is 4. The van der Waals surface area contributed by atoms with Gasteiger partial charge >= 0.3 is 6.18 Å². The molecular formula is C12H10ClF3N2. The molecule has 2 nitrogen and oxygen atoms in total. The third-order valence-electron chi connectivity index (χ3n) is 2.44. The fourth-order valence-electron chi connectivity index (χ4n) is 1.50. The van der Waals surface area contributed by atoms with Gasteiger partial charge in [-0.3, -0.25) is 0 Å². The van der Waals surface area contributed by atoms with Gasteiger partial charge in [0.2, 0.25) is 0 Å². The normalized spacial score (nSPS) is 11.6. The molecule has 0 atom stereocenters. The Morgan fingerprint density at radius 1 is 1.22 bits per heavy atom. The average molecular weight is 275 g/mol. The van der Waals surface area contributed by atoms with E-state index in [4.69, 9.17) is 11.6 Å². The highest BCUT2D eigenvalue weighted by molar-refractivity contribution is 6.33. The standard InChI is InChI=1S/C12H10ClF3N2/c13-10-5-9(12(14,15)16)1-2-11(10)18-7-8-3-4-17-6-8/h1-6,17-18H,7H2. The van der Waals surface area contributed by atoms with Crippen LogP contribution in [0.2, 0.25) is 5.02 Å². The van der Waals surface area contributed by atoms with Crippen molar-refractivity contribution in [3.05, 3.63) is 52.8 Å². The molecule has 2 rings (SSSR count). The van der Waals surface area contributed by atoms with Gasteiger partial charge in [0.15, 0.2) is 0 Å². The second kappa shape index (κ2) is 4.94. The molecule has 0 spiro atoms. The Hall–Kier alpha value is -1.62. The largest absolute Gasteiger partial charge is 0.416 e. The van der Waals surface area contributed by atoms with Gasteiger partial charge in [-0.25, -0.2) is 0 Å². The van der Waals surface area contributed by atoms with Crippen LogP contribution in [0.25, 0.3) is 0 Å². The van der Waals surface area contributed by atoms with Gasteiger partial charge in [0.1, 0.15) is 0 Å². The minimum atomic E-state index is -4.37. The quantitative estimate of drug-likeness (QED) is 0.858. The summed E-state index contributed by atoms with van der Waals surface area (Å²) in [7, 11) is 0.